The van der Waals surface area contributed by atoms with Crippen LogP contribution in [0.15, 0.2) is 5.11 Å². The second kappa shape index (κ2) is 11.3. The van der Waals surface area contributed by atoms with Crippen molar-refractivity contribution in [2.45, 2.75) is 39.0 Å². The zero-order chi connectivity index (χ0) is 9.78. The molecule has 0 aliphatic rings. The van der Waals surface area contributed by atoms with Crippen molar-refractivity contribution in [1.82, 2.24) is 0 Å². The van der Waals surface area contributed by atoms with E-state index in [0.717, 1.165) is 38.9 Å². The largest absolute Gasteiger partial charge is 0.381 e. The number of unbranched alkanes of at least 4 members (excludes halogenated alkanes) is 3. The van der Waals surface area contributed by atoms with Crippen LogP contribution in [-0.4, -0.2) is 19.8 Å². The first-order valence-corrected chi connectivity index (χ1v) is 5.00. The van der Waals surface area contributed by atoms with E-state index in [1.54, 1.807) is 0 Å². The summed E-state index contributed by atoms with van der Waals surface area (Å²) in [7, 11) is 0. The first kappa shape index (κ1) is 12.3. The molecule has 0 fully saturated rings. The van der Waals surface area contributed by atoms with Crippen LogP contribution in [0, 0.1) is 0 Å². The van der Waals surface area contributed by atoms with Crippen LogP contribution in [-0.2, 0) is 4.74 Å². The van der Waals surface area contributed by atoms with Crippen molar-refractivity contribution in [3.8, 4) is 0 Å². The summed E-state index contributed by atoms with van der Waals surface area (Å²) in [6.45, 7) is 4.49. The summed E-state index contributed by atoms with van der Waals surface area (Å²) >= 11 is 0. The molecule has 0 aromatic carbocycles. The van der Waals surface area contributed by atoms with Crippen molar-refractivity contribution < 1.29 is 4.74 Å². The summed E-state index contributed by atoms with van der Waals surface area (Å²) in [6.07, 6.45) is 5.52. The predicted octanol–water partition coefficient (Wildman–Crippen LogP) is 3.28. The molecule has 0 radical (unpaired) electrons. The number of rotatable bonds is 9. The average Bonchev–Trinajstić information content (AvgIpc) is 2.16. The van der Waals surface area contributed by atoms with Gasteiger partial charge in [0.15, 0.2) is 0 Å². The standard InChI is InChI=1S/C9H19N3O/c1-2-8-13-9-6-4-3-5-7-11-12-10/h2-9H2,1H3. The van der Waals surface area contributed by atoms with Gasteiger partial charge in [-0.1, -0.05) is 24.9 Å². The minimum Gasteiger partial charge on any atom is -0.381 e. The molecule has 0 atom stereocenters. The highest BCUT2D eigenvalue weighted by molar-refractivity contribution is 4.48. The van der Waals surface area contributed by atoms with E-state index in [1.807, 2.05) is 0 Å². The Morgan fingerprint density at radius 2 is 1.92 bits per heavy atom. The van der Waals surface area contributed by atoms with Crippen LogP contribution in [0.4, 0.5) is 0 Å². The van der Waals surface area contributed by atoms with Gasteiger partial charge in [0, 0.05) is 24.7 Å². The number of nitrogens with zero attached hydrogens (tertiary/aromatic N) is 3. The first-order valence-electron chi connectivity index (χ1n) is 5.00. The molecule has 0 unspecified atom stereocenters. The molecule has 0 saturated carbocycles. The molecule has 0 spiro atoms. The third-order valence-corrected chi connectivity index (χ3v) is 1.71. The molecule has 0 aliphatic heterocycles. The van der Waals surface area contributed by atoms with E-state index >= 15 is 0 Å². The third-order valence-electron chi connectivity index (χ3n) is 1.71. The van der Waals surface area contributed by atoms with Crippen molar-refractivity contribution in [3.63, 3.8) is 0 Å². The molecule has 0 aliphatic carbocycles. The summed E-state index contributed by atoms with van der Waals surface area (Å²) in [5.74, 6) is 0. The van der Waals surface area contributed by atoms with Crippen LogP contribution in [0.2, 0.25) is 0 Å². The minimum absolute atomic E-state index is 0.631. The normalized spacial score (nSPS) is 9.62. The first-order chi connectivity index (χ1) is 6.41. The quantitative estimate of drug-likeness (QED) is 0.235. The fourth-order valence-corrected chi connectivity index (χ4v) is 1.03. The van der Waals surface area contributed by atoms with E-state index in [9.17, 15) is 0 Å². The van der Waals surface area contributed by atoms with Gasteiger partial charge >= 0.3 is 0 Å². The maximum Gasteiger partial charge on any atom is 0.0466 e. The average molecular weight is 185 g/mol. The molecule has 0 aromatic heterocycles. The van der Waals surface area contributed by atoms with Crippen molar-refractivity contribution in [3.05, 3.63) is 10.4 Å². The van der Waals surface area contributed by atoms with Crippen LogP contribution in [0.5, 0.6) is 0 Å². The van der Waals surface area contributed by atoms with Crippen molar-refractivity contribution in [2.75, 3.05) is 19.8 Å². The number of azide groups is 1. The summed E-state index contributed by atoms with van der Waals surface area (Å²) in [5, 5.41) is 3.47. The van der Waals surface area contributed by atoms with Gasteiger partial charge in [0.2, 0.25) is 0 Å². The Labute approximate surface area is 79.9 Å². The fourth-order valence-electron chi connectivity index (χ4n) is 1.03. The summed E-state index contributed by atoms with van der Waals surface area (Å²) in [6, 6.07) is 0. The molecular weight excluding hydrogens is 166 g/mol. The van der Waals surface area contributed by atoms with Crippen molar-refractivity contribution >= 4 is 0 Å². The van der Waals surface area contributed by atoms with E-state index in [2.05, 4.69) is 16.9 Å². The lowest BCUT2D eigenvalue weighted by atomic mass is 10.2. The lowest BCUT2D eigenvalue weighted by molar-refractivity contribution is 0.130. The highest BCUT2D eigenvalue weighted by atomic mass is 16.5. The Kier molecular flexibility index (Phi) is 10.6. The summed E-state index contributed by atoms with van der Waals surface area (Å²) < 4.78 is 5.33. The second-order valence-corrected chi connectivity index (χ2v) is 2.98. The fraction of sp³-hybridized carbons (Fsp3) is 1.00. The van der Waals surface area contributed by atoms with E-state index in [0.29, 0.717) is 6.54 Å². The van der Waals surface area contributed by atoms with Gasteiger partial charge in [0.25, 0.3) is 0 Å². The predicted molar refractivity (Wildman–Crippen MR) is 53.6 cm³/mol. The molecule has 13 heavy (non-hydrogen) atoms. The van der Waals surface area contributed by atoms with Gasteiger partial charge in [-0.15, -0.1) is 0 Å². The number of hydrogen-bond acceptors (Lipinski definition) is 2. The van der Waals surface area contributed by atoms with Crippen molar-refractivity contribution in [2.24, 2.45) is 5.11 Å². The van der Waals surface area contributed by atoms with Gasteiger partial charge in [-0.2, -0.15) is 0 Å². The minimum atomic E-state index is 0.631. The third kappa shape index (κ3) is 11.3. The van der Waals surface area contributed by atoms with Crippen LogP contribution >= 0.6 is 0 Å². The van der Waals surface area contributed by atoms with Crippen LogP contribution in [0.1, 0.15) is 39.0 Å². The molecule has 0 aromatic rings. The highest BCUT2D eigenvalue weighted by Crippen LogP contribution is 2.00. The van der Waals surface area contributed by atoms with Crippen molar-refractivity contribution in [1.29, 1.82) is 0 Å². The van der Waals surface area contributed by atoms with Gasteiger partial charge in [0.1, 0.15) is 0 Å². The van der Waals surface area contributed by atoms with Crippen LogP contribution in [0.25, 0.3) is 10.4 Å². The molecule has 4 nitrogen and oxygen atoms in total. The zero-order valence-electron chi connectivity index (χ0n) is 8.41. The highest BCUT2D eigenvalue weighted by Gasteiger charge is 1.89. The number of ether oxygens (including phenoxy) is 1. The molecule has 0 N–H and O–H groups in total. The van der Waals surface area contributed by atoms with Gasteiger partial charge in [-0.05, 0) is 24.8 Å². The van der Waals surface area contributed by atoms with Crippen LogP contribution in [0.3, 0.4) is 0 Å². The molecule has 0 amide bonds. The smallest absolute Gasteiger partial charge is 0.0466 e. The monoisotopic (exact) mass is 185 g/mol. The van der Waals surface area contributed by atoms with E-state index in [-0.39, 0.29) is 0 Å². The Balaban J connectivity index is 2.87. The molecule has 0 saturated heterocycles. The van der Waals surface area contributed by atoms with E-state index in [1.165, 1.54) is 6.42 Å². The molecule has 0 heterocycles. The maximum absolute atomic E-state index is 8.00. The maximum atomic E-state index is 8.00. The SMILES string of the molecule is CCCOCCCCCCN=[N+]=[N-]. The second-order valence-electron chi connectivity index (χ2n) is 2.98. The lowest BCUT2D eigenvalue weighted by Gasteiger charge is -2.01. The molecule has 0 bridgehead atoms. The molecular formula is C9H19N3O. The van der Waals surface area contributed by atoms with Gasteiger partial charge in [-0.25, -0.2) is 0 Å². The van der Waals surface area contributed by atoms with Gasteiger partial charge < -0.3 is 4.74 Å². The van der Waals surface area contributed by atoms with Crippen LogP contribution < -0.4 is 0 Å². The van der Waals surface area contributed by atoms with Gasteiger partial charge in [0.05, 0.1) is 0 Å². The molecule has 0 rings (SSSR count). The van der Waals surface area contributed by atoms with E-state index < -0.39 is 0 Å². The molecule has 76 valence electrons. The Bertz CT molecular complexity index is 144. The lowest BCUT2D eigenvalue weighted by Crippen LogP contribution is -1.95. The Morgan fingerprint density at radius 3 is 2.62 bits per heavy atom. The Hall–Kier alpha value is -0.730. The number of hydrogen-bond donors (Lipinski definition) is 0. The summed E-state index contributed by atoms with van der Waals surface area (Å²) in [4.78, 5) is 2.69. The topological polar surface area (TPSA) is 58.0 Å². The molecule has 4 heteroatoms. The van der Waals surface area contributed by atoms with Gasteiger partial charge in [-0.3, -0.25) is 0 Å². The zero-order valence-corrected chi connectivity index (χ0v) is 8.41. The van der Waals surface area contributed by atoms with E-state index in [4.69, 9.17) is 10.3 Å². The Morgan fingerprint density at radius 1 is 1.15 bits per heavy atom. The summed E-state index contributed by atoms with van der Waals surface area (Å²) in [5.41, 5.74) is 8.00.